The first-order chi connectivity index (χ1) is 6.73. The van der Waals surface area contributed by atoms with E-state index < -0.39 is 29.4 Å². The first-order valence-corrected chi connectivity index (χ1v) is 4.13. The molecule has 8 heteroatoms. The van der Waals surface area contributed by atoms with Crippen molar-refractivity contribution in [2.24, 2.45) is 0 Å². The minimum atomic E-state index is -4.71. The number of aryl methyl sites for hydroxylation is 1. The molecular formula is C7H6ClF3N2O2. The summed E-state index contributed by atoms with van der Waals surface area (Å²) in [6, 6.07) is 0. The molecule has 0 atom stereocenters. The molecule has 15 heavy (non-hydrogen) atoms. The topological polar surface area (TPSA) is 55.1 Å². The van der Waals surface area contributed by atoms with Crippen LogP contribution in [0.3, 0.4) is 0 Å². The molecule has 1 N–H and O–H groups in total. The van der Waals surface area contributed by atoms with Gasteiger partial charge in [0.1, 0.15) is 6.54 Å². The normalized spacial score (nSPS) is 11.8. The highest BCUT2D eigenvalue weighted by Crippen LogP contribution is 2.36. The maximum absolute atomic E-state index is 12.4. The standard InChI is InChI=1S/C7H6ClF3N2O2/c1-3-5(8)6(7(9,10)11)13(12-3)2-4(14)15/h2H2,1H3,(H,14,15). The summed E-state index contributed by atoms with van der Waals surface area (Å²) < 4.78 is 37.6. The fourth-order valence-corrected chi connectivity index (χ4v) is 1.32. The van der Waals surface area contributed by atoms with Crippen molar-refractivity contribution in [1.29, 1.82) is 0 Å². The quantitative estimate of drug-likeness (QED) is 0.862. The molecule has 0 saturated carbocycles. The van der Waals surface area contributed by atoms with Gasteiger partial charge < -0.3 is 5.11 Å². The molecule has 1 aromatic rings. The van der Waals surface area contributed by atoms with Gasteiger partial charge in [-0.3, -0.25) is 4.79 Å². The second-order valence-corrected chi connectivity index (χ2v) is 3.18. The Kier molecular flexibility index (Phi) is 2.94. The number of carbonyl (C=O) groups is 1. The maximum Gasteiger partial charge on any atom is 0.434 e. The van der Waals surface area contributed by atoms with Crippen LogP contribution in [0.5, 0.6) is 0 Å². The lowest BCUT2D eigenvalue weighted by Gasteiger charge is -2.08. The average molecular weight is 243 g/mol. The van der Waals surface area contributed by atoms with Gasteiger partial charge in [-0.1, -0.05) is 11.6 Å². The van der Waals surface area contributed by atoms with Crippen LogP contribution in [0.4, 0.5) is 13.2 Å². The molecule has 0 unspecified atom stereocenters. The SMILES string of the molecule is Cc1nn(CC(=O)O)c(C(F)(F)F)c1Cl. The van der Waals surface area contributed by atoms with E-state index in [1.807, 2.05) is 0 Å². The molecule has 4 nitrogen and oxygen atoms in total. The Bertz CT molecular complexity index is 400. The molecular weight excluding hydrogens is 237 g/mol. The first kappa shape index (κ1) is 11.8. The van der Waals surface area contributed by atoms with E-state index in [-0.39, 0.29) is 5.69 Å². The van der Waals surface area contributed by atoms with Crippen LogP contribution >= 0.6 is 11.6 Å². The zero-order chi connectivity index (χ0) is 11.8. The maximum atomic E-state index is 12.4. The van der Waals surface area contributed by atoms with E-state index in [4.69, 9.17) is 16.7 Å². The Balaban J connectivity index is 3.27. The number of hydrogen-bond acceptors (Lipinski definition) is 2. The van der Waals surface area contributed by atoms with Gasteiger partial charge in [-0.2, -0.15) is 18.3 Å². The molecule has 1 rings (SSSR count). The Morgan fingerprint density at radius 2 is 2.13 bits per heavy atom. The van der Waals surface area contributed by atoms with Crippen LogP contribution in [0.15, 0.2) is 0 Å². The van der Waals surface area contributed by atoms with Gasteiger partial charge in [-0.05, 0) is 6.92 Å². The summed E-state index contributed by atoms with van der Waals surface area (Å²) in [5, 5.41) is 11.2. The third-order valence-electron chi connectivity index (χ3n) is 1.61. The number of nitrogens with zero attached hydrogens (tertiary/aromatic N) is 2. The van der Waals surface area contributed by atoms with Crippen LogP contribution in [0.2, 0.25) is 5.02 Å². The van der Waals surface area contributed by atoms with E-state index in [0.29, 0.717) is 4.68 Å². The molecule has 0 aromatic carbocycles. The summed E-state index contributed by atoms with van der Waals surface area (Å²) in [6.45, 7) is 0.401. The van der Waals surface area contributed by atoms with Crippen LogP contribution in [0.1, 0.15) is 11.4 Å². The molecule has 1 aromatic heterocycles. The number of aliphatic carboxylic acids is 1. The summed E-state index contributed by atoms with van der Waals surface area (Å²) >= 11 is 5.39. The fraction of sp³-hybridized carbons (Fsp3) is 0.429. The zero-order valence-corrected chi connectivity index (χ0v) is 8.22. The number of halogens is 4. The predicted molar refractivity (Wildman–Crippen MR) is 44.6 cm³/mol. The fourth-order valence-electron chi connectivity index (χ4n) is 1.07. The summed E-state index contributed by atoms with van der Waals surface area (Å²) in [5.74, 6) is -1.42. The molecule has 0 aliphatic rings. The van der Waals surface area contributed by atoms with Crippen LogP contribution < -0.4 is 0 Å². The molecule has 0 bridgehead atoms. The van der Waals surface area contributed by atoms with E-state index in [0.717, 1.165) is 0 Å². The van der Waals surface area contributed by atoms with E-state index >= 15 is 0 Å². The largest absolute Gasteiger partial charge is 0.480 e. The van der Waals surface area contributed by atoms with Crippen LogP contribution in [0.25, 0.3) is 0 Å². The Morgan fingerprint density at radius 1 is 1.60 bits per heavy atom. The highest BCUT2D eigenvalue weighted by Gasteiger charge is 2.39. The molecule has 0 aliphatic carbocycles. The third-order valence-corrected chi connectivity index (χ3v) is 2.06. The number of rotatable bonds is 2. The zero-order valence-electron chi connectivity index (χ0n) is 7.47. The molecule has 0 fully saturated rings. The van der Waals surface area contributed by atoms with Crippen LogP contribution in [-0.2, 0) is 17.5 Å². The third kappa shape index (κ3) is 2.41. The lowest BCUT2D eigenvalue weighted by atomic mass is 10.3. The molecule has 0 radical (unpaired) electrons. The molecule has 84 valence electrons. The monoisotopic (exact) mass is 242 g/mol. The molecule has 0 aliphatic heterocycles. The minimum Gasteiger partial charge on any atom is -0.480 e. The van der Waals surface area contributed by atoms with Gasteiger partial charge in [0.15, 0.2) is 5.69 Å². The summed E-state index contributed by atoms with van der Waals surface area (Å²) in [4.78, 5) is 10.3. The lowest BCUT2D eigenvalue weighted by Crippen LogP contribution is -2.19. The van der Waals surface area contributed by atoms with Crippen molar-refractivity contribution >= 4 is 17.6 Å². The van der Waals surface area contributed by atoms with Crippen LogP contribution in [0, 0.1) is 6.92 Å². The number of alkyl halides is 3. The van der Waals surface area contributed by atoms with Gasteiger partial charge in [-0.15, -0.1) is 0 Å². The van der Waals surface area contributed by atoms with Crippen molar-refractivity contribution in [3.8, 4) is 0 Å². The lowest BCUT2D eigenvalue weighted by molar-refractivity contribution is -0.146. The van der Waals surface area contributed by atoms with Gasteiger partial charge in [0.2, 0.25) is 0 Å². The summed E-state index contributed by atoms with van der Waals surface area (Å²) in [7, 11) is 0. The summed E-state index contributed by atoms with van der Waals surface area (Å²) in [5.41, 5.74) is -1.28. The summed E-state index contributed by atoms with van der Waals surface area (Å²) in [6.07, 6.45) is -4.71. The average Bonchev–Trinajstić information content (AvgIpc) is 2.24. The highest BCUT2D eigenvalue weighted by molar-refractivity contribution is 6.31. The Morgan fingerprint density at radius 3 is 2.53 bits per heavy atom. The van der Waals surface area contributed by atoms with Crippen molar-refractivity contribution in [2.45, 2.75) is 19.6 Å². The number of hydrogen-bond donors (Lipinski definition) is 1. The smallest absolute Gasteiger partial charge is 0.434 e. The van der Waals surface area contributed by atoms with Gasteiger partial charge in [0.05, 0.1) is 10.7 Å². The van der Waals surface area contributed by atoms with E-state index in [1.165, 1.54) is 6.92 Å². The molecule has 1 heterocycles. The van der Waals surface area contributed by atoms with Gasteiger partial charge in [0, 0.05) is 0 Å². The second kappa shape index (κ2) is 3.73. The van der Waals surface area contributed by atoms with Crippen LogP contribution in [-0.4, -0.2) is 20.9 Å². The minimum absolute atomic E-state index is 0.0507. The van der Waals surface area contributed by atoms with Gasteiger partial charge in [-0.25, -0.2) is 4.68 Å². The van der Waals surface area contributed by atoms with E-state index in [1.54, 1.807) is 0 Å². The van der Waals surface area contributed by atoms with Crippen molar-refractivity contribution in [1.82, 2.24) is 9.78 Å². The first-order valence-electron chi connectivity index (χ1n) is 3.75. The van der Waals surface area contributed by atoms with Crippen molar-refractivity contribution in [3.05, 3.63) is 16.4 Å². The molecule has 0 spiro atoms. The van der Waals surface area contributed by atoms with Crippen molar-refractivity contribution < 1.29 is 23.1 Å². The van der Waals surface area contributed by atoms with E-state index in [2.05, 4.69) is 5.10 Å². The Labute approximate surface area is 87.3 Å². The predicted octanol–water partition coefficient (Wildman–Crippen LogP) is 1.95. The second-order valence-electron chi connectivity index (χ2n) is 2.80. The van der Waals surface area contributed by atoms with Crippen molar-refractivity contribution in [2.75, 3.05) is 0 Å². The highest BCUT2D eigenvalue weighted by atomic mass is 35.5. The van der Waals surface area contributed by atoms with Gasteiger partial charge >= 0.3 is 12.1 Å². The number of carboxylic acid groups (broad SMARTS) is 1. The molecule has 0 saturated heterocycles. The number of aromatic nitrogens is 2. The number of carboxylic acids is 1. The Hall–Kier alpha value is -1.24. The molecule has 0 amide bonds. The van der Waals surface area contributed by atoms with E-state index in [9.17, 15) is 18.0 Å². The van der Waals surface area contributed by atoms with Gasteiger partial charge in [0.25, 0.3) is 0 Å². The van der Waals surface area contributed by atoms with Crippen molar-refractivity contribution in [3.63, 3.8) is 0 Å².